The molecule has 32 heavy (non-hydrogen) atoms. The Morgan fingerprint density at radius 3 is 2.81 bits per heavy atom. The van der Waals surface area contributed by atoms with E-state index in [-0.39, 0.29) is 11.9 Å². The number of rotatable bonds is 3. The molecule has 8 heteroatoms. The second-order valence-electron chi connectivity index (χ2n) is 9.65. The number of nitrogens with zero attached hydrogens (tertiary/aromatic N) is 4. The molecule has 3 N–H and O–H groups in total. The van der Waals surface area contributed by atoms with Gasteiger partial charge in [-0.05, 0) is 68.9 Å². The van der Waals surface area contributed by atoms with Crippen molar-refractivity contribution in [3.63, 3.8) is 0 Å². The molecular weight excluding hydrogens is 420 g/mol. The fourth-order valence-corrected chi connectivity index (χ4v) is 6.68. The number of pyridine rings is 1. The molecule has 0 radical (unpaired) electrons. The Morgan fingerprint density at radius 1 is 1.19 bits per heavy atom. The molecule has 3 atom stereocenters. The Morgan fingerprint density at radius 2 is 2.00 bits per heavy atom. The summed E-state index contributed by atoms with van der Waals surface area (Å²) in [7, 11) is 0. The molecule has 3 aromatic heterocycles. The normalized spacial score (nSPS) is 24.5. The van der Waals surface area contributed by atoms with Crippen LogP contribution in [-0.2, 0) is 12.8 Å². The molecule has 4 heterocycles. The number of carbonyl (C=O) groups is 1. The Kier molecular flexibility index (Phi) is 4.78. The van der Waals surface area contributed by atoms with Gasteiger partial charge in [0.25, 0.3) is 5.91 Å². The van der Waals surface area contributed by atoms with Crippen molar-refractivity contribution in [2.45, 2.75) is 51.5 Å². The van der Waals surface area contributed by atoms with Gasteiger partial charge in [0.2, 0.25) is 0 Å². The fraction of sp³-hybridized carbons (Fsp3) is 0.500. The van der Waals surface area contributed by atoms with Crippen LogP contribution in [0.15, 0.2) is 18.3 Å². The third-order valence-electron chi connectivity index (χ3n) is 7.28. The standard InChI is InChI=1S/C24H28N6OS/c1-13-10-26-21-20(25)22(32-24(21)27-13)23(31)28-17-5-6-18-16(9-17)4-7-19(29-18)30-11-14-2-3-15(8-14)12-30/h4,7,10,14-15,17H,2-3,5-6,8-9,11-12,25H2,1H3,(H,28,31)/t14?,15?,17-/m0/s1. The number of amides is 1. The van der Waals surface area contributed by atoms with E-state index in [0.29, 0.717) is 20.9 Å². The molecule has 166 valence electrons. The Balaban J connectivity index is 1.16. The number of nitrogens with one attached hydrogen (secondary N) is 1. The van der Waals surface area contributed by atoms with Crippen molar-refractivity contribution in [3.05, 3.63) is 40.2 Å². The van der Waals surface area contributed by atoms with E-state index in [1.165, 1.54) is 41.9 Å². The molecular formula is C24H28N6OS. The summed E-state index contributed by atoms with van der Waals surface area (Å²) >= 11 is 1.31. The maximum atomic E-state index is 13.0. The van der Waals surface area contributed by atoms with Gasteiger partial charge in [0.05, 0.1) is 11.4 Å². The van der Waals surface area contributed by atoms with Gasteiger partial charge in [-0.1, -0.05) is 6.07 Å². The van der Waals surface area contributed by atoms with Crippen LogP contribution in [0, 0.1) is 18.8 Å². The molecule has 0 spiro atoms. The van der Waals surface area contributed by atoms with Crippen molar-refractivity contribution in [1.82, 2.24) is 20.3 Å². The topological polar surface area (TPSA) is 97.0 Å². The first-order valence-electron chi connectivity index (χ1n) is 11.6. The molecule has 1 amide bonds. The first-order valence-corrected chi connectivity index (χ1v) is 12.4. The van der Waals surface area contributed by atoms with E-state index in [9.17, 15) is 4.79 Å². The van der Waals surface area contributed by atoms with Crippen molar-refractivity contribution in [3.8, 4) is 0 Å². The molecule has 2 unspecified atom stereocenters. The Hall–Kier alpha value is -2.74. The van der Waals surface area contributed by atoms with E-state index >= 15 is 0 Å². The highest BCUT2D eigenvalue weighted by Crippen LogP contribution is 2.38. The predicted molar refractivity (Wildman–Crippen MR) is 127 cm³/mol. The quantitative estimate of drug-likeness (QED) is 0.637. The molecule has 2 aliphatic carbocycles. The summed E-state index contributed by atoms with van der Waals surface area (Å²) in [4.78, 5) is 30.5. The lowest BCUT2D eigenvalue weighted by molar-refractivity contribution is 0.0938. The van der Waals surface area contributed by atoms with Crippen LogP contribution in [0.1, 0.15) is 52.3 Å². The second-order valence-corrected chi connectivity index (χ2v) is 10.6. The van der Waals surface area contributed by atoms with Gasteiger partial charge in [-0.15, -0.1) is 11.3 Å². The number of nitrogens with two attached hydrogens (primary N) is 1. The monoisotopic (exact) mass is 448 g/mol. The number of aromatic nitrogens is 3. The number of aryl methyl sites for hydroxylation is 2. The zero-order valence-corrected chi connectivity index (χ0v) is 19.1. The van der Waals surface area contributed by atoms with Gasteiger partial charge < -0.3 is 16.0 Å². The largest absolute Gasteiger partial charge is 0.396 e. The fourth-order valence-electron chi connectivity index (χ4n) is 5.68. The number of thiophene rings is 1. The van der Waals surface area contributed by atoms with E-state index in [4.69, 9.17) is 10.7 Å². The summed E-state index contributed by atoms with van der Waals surface area (Å²) in [5.74, 6) is 2.70. The minimum absolute atomic E-state index is 0.0840. The van der Waals surface area contributed by atoms with Gasteiger partial charge in [-0.25, -0.2) is 15.0 Å². The molecule has 1 saturated carbocycles. The lowest BCUT2D eigenvalue weighted by atomic mass is 9.91. The van der Waals surface area contributed by atoms with Crippen LogP contribution in [0.2, 0.25) is 0 Å². The number of fused-ring (bicyclic) bond motifs is 4. The molecule has 3 aromatic rings. The van der Waals surface area contributed by atoms with Gasteiger partial charge in [0.15, 0.2) is 0 Å². The van der Waals surface area contributed by atoms with Crippen LogP contribution < -0.4 is 16.0 Å². The van der Waals surface area contributed by atoms with Crippen LogP contribution in [-0.4, -0.2) is 40.0 Å². The van der Waals surface area contributed by atoms with Gasteiger partial charge in [0.1, 0.15) is 21.0 Å². The molecule has 3 aliphatic rings. The molecule has 0 aromatic carbocycles. The van der Waals surface area contributed by atoms with E-state index in [0.717, 1.165) is 55.7 Å². The minimum atomic E-state index is -0.133. The Bertz CT molecular complexity index is 1190. The molecule has 1 saturated heterocycles. The molecule has 2 bridgehead atoms. The number of piperidine rings is 1. The van der Waals surface area contributed by atoms with Crippen LogP contribution >= 0.6 is 11.3 Å². The lowest BCUT2D eigenvalue weighted by Gasteiger charge is -2.34. The smallest absolute Gasteiger partial charge is 0.263 e. The van der Waals surface area contributed by atoms with Gasteiger partial charge >= 0.3 is 0 Å². The van der Waals surface area contributed by atoms with Crippen molar-refractivity contribution in [1.29, 1.82) is 0 Å². The zero-order valence-electron chi connectivity index (χ0n) is 18.3. The second kappa shape index (κ2) is 7.69. The summed E-state index contributed by atoms with van der Waals surface area (Å²) in [6.45, 7) is 4.19. The SMILES string of the molecule is Cc1cnc2c(N)c(C(=O)N[C@H]3CCc4nc(N5CC6CCC(C6)C5)ccc4C3)sc2n1. The molecule has 2 fully saturated rings. The first kappa shape index (κ1) is 19.9. The van der Waals surface area contributed by atoms with Crippen molar-refractivity contribution in [2.24, 2.45) is 11.8 Å². The van der Waals surface area contributed by atoms with Gasteiger partial charge in [-0.3, -0.25) is 4.79 Å². The first-order chi connectivity index (χ1) is 15.5. The lowest BCUT2D eigenvalue weighted by Crippen LogP contribution is -2.39. The highest BCUT2D eigenvalue weighted by atomic mass is 32.1. The summed E-state index contributed by atoms with van der Waals surface area (Å²) < 4.78 is 0. The van der Waals surface area contributed by atoms with Crippen molar-refractivity contribution < 1.29 is 4.79 Å². The van der Waals surface area contributed by atoms with E-state index in [1.54, 1.807) is 6.20 Å². The maximum absolute atomic E-state index is 13.0. The third-order valence-corrected chi connectivity index (χ3v) is 8.37. The highest BCUT2D eigenvalue weighted by Gasteiger charge is 2.34. The van der Waals surface area contributed by atoms with E-state index < -0.39 is 0 Å². The number of hydrogen-bond acceptors (Lipinski definition) is 7. The van der Waals surface area contributed by atoms with Crippen LogP contribution in [0.5, 0.6) is 0 Å². The number of anilines is 2. The van der Waals surface area contributed by atoms with Crippen LogP contribution in [0.4, 0.5) is 11.5 Å². The zero-order chi connectivity index (χ0) is 21.8. The molecule has 6 rings (SSSR count). The molecule has 7 nitrogen and oxygen atoms in total. The number of carbonyl (C=O) groups excluding carboxylic acids is 1. The van der Waals surface area contributed by atoms with Crippen LogP contribution in [0.3, 0.4) is 0 Å². The predicted octanol–water partition coefficient (Wildman–Crippen LogP) is 3.50. The van der Waals surface area contributed by atoms with Gasteiger partial charge in [0, 0.05) is 31.0 Å². The number of nitrogen functional groups attached to an aromatic ring is 1. The van der Waals surface area contributed by atoms with E-state index in [2.05, 4.69) is 32.3 Å². The number of hydrogen-bond donors (Lipinski definition) is 2. The average Bonchev–Trinajstić information content (AvgIpc) is 3.30. The third kappa shape index (κ3) is 3.50. The van der Waals surface area contributed by atoms with Crippen molar-refractivity contribution >= 4 is 39.1 Å². The van der Waals surface area contributed by atoms with Crippen molar-refractivity contribution in [2.75, 3.05) is 23.7 Å². The molecule has 1 aliphatic heterocycles. The maximum Gasteiger partial charge on any atom is 0.263 e. The minimum Gasteiger partial charge on any atom is -0.396 e. The summed E-state index contributed by atoms with van der Waals surface area (Å²) in [5.41, 5.74) is 10.5. The Labute approximate surface area is 191 Å². The summed E-state index contributed by atoms with van der Waals surface area (Å²) in [6.07, 6.45) is 8.42. The van der Waals surface area contributed by atoms with Crippen LogP contribution in [0.25, 0.3) is 10.3 Å². The summed E-state index contributed by atoms with van der Waals surface area (Å²) in [6, 6.07) is 4.48. The van der Waals surface area contributed by atoms with Gasteiger partial charge in [-0.2, -0.15) is 0 Å². The van der Waals surface area contributed by atoms with E-state index in [1.807, 2.05) is 6.92 Å². The average molecular weight is 449 g/mol. The highest BCUT2D eigenvalue weighted by molar-refractivity contribution is 7.21. The summed E-state index contributed by atoms with van der Waals surface area (Å²) in [5, 5.41) is 3.19.